The first kappa shape index (κ1) is 14.8. The van der Waals surface area contributed by atoms with Gasteiger partial charge in [-0.2, -0.15) is 0 Å². The zero-order valence-corrected chi connectivity index (χ0v) is 12.0. The van der Waals surface area contributed by atoms with Crippen molar-refractivity contribution in [2.45, 2.75) is 19.4 Å². The maximum atomic E-state index is 14.0. The predicted octanol–water partition coefficient (Wildman–Crippen LogP) is 4.32. The molecule has 106 valence electrons. The second-order valence-corrected chi connectivity index (χ2v) is 4.91. The van der Waals surface area contributed by atoms with Gasteiger partial charge in [-0.15, -0.1) is 0 Å². The second-order valence-electron chi connectivity index (χ2n) is 4.50. The SMILES string of the molecule is CCCOc1ccccc1C(N)c1c(F)cccc1Cl. The third kappa shape index (κ3) is 3.11. The first-order valence-electron chi connectivity index (χ1n) is 6.56. The summed E-state index contributed by atoms with van der Waals surface area (Å²) >= 11 is 6.07. The molecular formula is C16H17ClFNO. The standard InChI is InChI=1S/C16H17ClFNO/c1-2-10-20-14-9-4-3-6-11(14)16(19)15-12(17)7-5-8-13(15)18/h3-9,16H,2,10,19H2,1H3. The van der Waals surface area contributed by atoms with E-state index in [4.69, 9.17) is 22.1 Å². The van der Waals surface area contributed by atoms with Gasteiger partial charge in [0.2, 0.25) is 0 Å². The van der Waals surface area contributed by atoms with Crippen LogP contribution in [0.25, 0.3) is 0 Å². The molecule has 4 heteroatoms. The molecule has 2 aromatic carbocycles. The molecule has 2 rings (SSSR count). The van der Waals surface area contributed by atoms with Crippen molar-refractivity contribution in [2.24, 2.45) is 5.73 Å². The van der Waals surface area contributed by atoms with Gasteiger partial charge in [0, 0.05) is 16.1 Å². The molecule has 0 amide bonds. The van der Waals surface area contributed by atoms with Crippen LogP contribution in [-0.4, -0.2) is 6.61 Å². The van der Waals surface area contributed by atoms with Crippen molar-refractivity contribution in [1.82, 2.24) is 0 Å². The van der Waals surface area contributed by atoms with Crippen LogP contribution in [-0.2, 0) is 0 Å². The summed E-state index contributed by atoms with van der Waals surface area (Å²) in [6.07, 6.45) is 0.893. The summed E-state index contributed by atoms with van der Waals surface area (Å²) in [5.74, 6) is 0.261. The van der Waals surface area contributed by atoms with Gasteiger partial charge in [-0.05, 0) is 24.6 Å². The number of rotatable bonds is 5. The second kappa shape index (κ2) is 6.73. The Hall–Kier alpha value is -1.58. The molecule has 0 fully saturated rings. The van der Waals surface area contributed by atoms with Gasteiger partial charge >= 0.3 is 0 Å². The summed E-state index contributed by atoms with van der Waals surface area (Å²) in [5.41, 5.74) is 7.21. The molecule has 0 bridgehead atoms. The van der Waals surface area contributed by atoms with Gasteiger partial charge in [0.25, 0.3) is 0 Å². The van der Waals surface area contributed by atoms with Crippen molar-refractivity contribution < 1.29 is 9.13 Å². The lowest BCUT2D eigenvalue weighted by Crippen LogP contribution is -2.16. The van der Waals surface area contributed by atoms with E-state index >= 15 is 0 Å². The Labute approximate surface area is 123 Å². The Balaban J connectivity index is 2.40. The maximum Gasteiger partial charge on any atom is 0.129 e. The molecule has 0 heterocycles. The van der Waals surface area contributed by atoms with Crippen molar-refractivity contribution in [1.29, 1.82) is 0 Å². The molecule has 0 aliphatic carbocycles. The molecule has 0 saturated heterocycles. The van der Waals surface area contributed by atoms with Crippen molar-refractivity contribution >= 4 is 11.6 Å². The molecule has 20 heavy (non-hydrogen) atoms. The highest BCUT2D eigenvalue weighted by molar-refractivity contribution is 6.31. The summed E-state index contributed by atoms with van der Waals surface area (Å²) in [4.78, 5) is 0. The van der Waals surface area contributed by atoms with Gasteiger partial charge in [-0.25, -0.2) is 4.39 Å². The Kier molecular flexibility index (Phi) is 4.99. The summed E-state index contributed by atoms with van der Waals surface area (Å²) in [7, 11) is 0. The van der Waals surface area contributed by atoms with E-state index in [9.17, 15) is 4.39 Å². The highest BCUT2D eigenvalue weighted by Crippen LogP contribution is 2.33. The molecule has 1 unspecified atom stereocenters. The fraction of sp³-hybridized carbons (Fsp3) is 0.250. The van der Waals surface area contributed by atoms with Gasteiger partial charge in [-0.1, -0.05) is 42.8 Å². The van der Waals surface area contributed by atoms with Crippen LogP contribution in [0.15, 0.2) is 42.5 Å². The van der Waals surface area contributed by atoms with E-state index in [0.717, 1.165) is 12.0 Å². The minimum Gasteiger partial charge on any atom is -0.493 e. The number of para-hydroxylation sites is 1. The number of hydrogen-bond donors (Lipinski definition) is 1. The van der Waals surface area contributed by atoms with Crippen molar-refractivity contribution in [3.05, 3.63) is 64.4 Å². The summed E-state index contributed by atoms with van der Waals surface area (Å²) in [6, 6.07) is 11.3. The van der Waals surface area contributed by atoms with Crippen LogP contribution in [0.5, 0.6) is 5.75 Å². The van der Waals surface area contributed by atoms with Crippen LogP contribution in [0.2, 0.25) is 5.02 Å². The Morgan fingerprint density at radius 3 is 2.65 bits per heavy atom. The lowest BCUT2D eigenvalue weighted by molar-refractivity contribution is 0.313. The van der Waals surface area contributed by atoms with E-state index in [1.807, 2.05) is 31.2 Å². The Morgan fingerprint density at radius 2 is 1.95 bits per heavy atom. The predicted molar refractivity (Wildman–Crippen MR) is 79.7 cm³/mol. The van der Waals surface area contributed by atoms with E-state index in [1.54, 1.807) is 12.1 Å². The number of ether oxygens (including phenoxy) is 1. The zero-order valence-electron chi connectivity index (χ0n) is 11.3. The average Bonchev–Trinajstić information content (AvgIpc) is 2.45. The lowest BCUT2D eigenvalue weighted by Gasteiger charge is -2.18. The fourth-order valence-corrected chi connectivity index (χ4v) is 2.32. The van der Waals surface area contributed by atoms with Gasteiger partial charge < -0.3 is 10.5 Å². The quantitative estimate of drug-likeness (QED) is 0.891. The van der Waals surface area contributed by atoms with E-state index in [0.29, 0.717) is 22.9 Å². The molecule has 0 spiro atoms. The van der Waals surface area contributed by atoms with Crippen LogP contribution in [0.1, 0.15) is 30.5 Å². The molecule has 1 atom stereocenters. The van der Waals surface area contributed by atoms with Gasteiger partial charge in [0.1, 0.15) is 11.6 Å². The van der Waals surface area contributed by atoms with E-state index in [-0.39, 0.29) is 0 Å². The minimum atomic E-state index is -0.656. The van der Waals surface area contributed by atoms with Crippen molar-refractivity contribution in [3.8, 4) is 5.75 Å². The topological polar surface area (TPSA) is 35.2 Å². The van der Waals surface area contributed by atoms with Crippen LogP contribution < -0.4 is 10.5 Å². The monoisotopic (exact) mass is 293 g/mol. The maximum absolute atomic E-state index is 14.0. The largest absolute Gasteiger partial charge is 0.493 e. The molecular weight excluding hydrogens is 277 g/mol. The zero-order chi connectivity index (χ0) is 14.5. The summed E-state index contributed by atoms with van der Waals surface area (Å²) < 4.78 is 19.6. The molecule has 0 aliphatic rings. The number of benzene rings is 2. The van der Waals surface area contributed by atoms with Gasteiger partial charge in [0.05, 0.1) is 12.6 Å². The van der Waals surface area contributed by atoms with Crippen molar-refractivity contribution in [2.75, 3.05) is 6.61 Å². The van der Waals surface area contributed by atoms with Gasteiger partial charge in [0.15, 0.2) is 0 Å². The molecule has 2 N–H and O–H groups in total. The smallest absolute Gasteiger partial charge is 0.129 e. The van der Waals surface area contributed by atoms with Gasteiger partial charge in [-0.3, -0.25) is 0 Å². The minimum absolute atomic E-state index is 0.293. The third-order valence-electron chi connectivity index (χ3n) is 3.03. The first-order valence-corrected chi connectivity index (χ1v) is 6.94. The Morgan fingerprint density at radius 1 is 1.20 bits per heavy atom. The van der Waals surface area contributed by atoms with Crippen LogP contribution in [0.4, 0.5) is 4.39 Å². The van der Waals surface area contributed by atoms with Crippen LogP contribution >= 0.6 is 11.6 Å². The number of halogens is 2. The van der Waals surface area contributed by atoms with Crippen molar-refractivity contribution in [3.63, 3.8) is 0 Å². The molecule has 0 aliphatic heterocycles. The number of hydrogen-bond acceptors (Lipinski definition) is 2. The molecule has 0 aromatic heterocycles. The Bertz CT molecular complexity index is 568. The molecule has 0 radical (unpaired) electrons. The highest BCUT2D eigenvalue weighted by atomic mass is 35.5. The lowest BCUT2D eigenvalue weighted by atomic mass is 9.98. The van der Waals surface area contributed by atoms with E-state index < -0.39 is 11.9 Å². The average molecular weight is 294 g/mol. The van der Waals surface area contributed by atoms with Crippen LogP contribution in [0, 0.1) is 5.82 Å². The normalized spacial score (nSPS) is 12.2. The van der Waals surface area contributed by atoms with E-state index in [1.165, 1.54) is 6.07 Å². The third-order valence-corrected chi connectivity index (χ3v) is 3.36. The fourth-order valence-electron chi connectivity index (χ4n) is 2.04. The molecule has 0 saturated carbocycles. The molecule has 2 nitrogen and oxygen atoms in total. The van der Waals surface area contributed by atoms with Crippen LogP contribution in [0.3, 0.4) is 0 Å². The highest BCUT2D eigenvalue weighted by Gasteiger charge is 2.20. The summed E-state index contributed by atoms with van der Waals surface area (Å²) in [6.45, 7) is 2.62. The molecule has 2 aromatic rings. The van der Waals surface area contributed by atoms with E-state index in [2.05, 4.69) is 0 Å². The first-order chi connectivity index (χ1) is 9.65. The number of nitrogens with two attached hydrogens (primary N) is 1. The summed E-state index contributed by atoms with van der Waals surface area (Å²) in [5, 5.41) is 0.322.